The lowest BCUT2D eigenvalue weighted by Crippen LogP contribution is -2.40. The summed E-state index contributed by atoms with van der Waals surface area (Å²) in [5.41, 5.74) is 2.14. The maximum absolute atomic E-state index is 12.7. The third kappa shape index (κ3) is 3.16. The highest BCUT2D eigenvalue weighted by molar-refractivity contribution is 6.13. The van der Waals surface area contributed by atoms with Crippen molar-refractivity contribution in [1.29, 1.82) is 0 Å². The molecule has 0 radical (unpaired) electrons. The summed E-state index contributed by atoms with van der Waals surface area (Å²) in [6.07, 6.45) is 2.15. The van der Waals surface area contributed by atoms with Crippen LogP contribution in [0.2, 0.25) is 0 Å². The number of amides is 2. The average molecular weight is 302 g/mol. The van der Waals surface area contributed by atoms with Crippen molar-refractivity contribution in [2.45, 2.75) is 52.9 Å². The second-order valence-electron chi connectivity index (χ2n) is 6.49. The number of benzene rings is 1. The van der Waals surface area contributed by atoms with E-state index in [0.29, 0.717) is 25.3 Å². The molecule has 22 heavy (non-hydrogen) atoms. The normalized spacial score (nSPS) is 15.5. The van der Waals surface area contributed by atoms with Crippen LogP contribution < -0.4 is 10.6 Å². The molecular formula is C18H26N2O2. The van der Waals surface area contributed by atoms with E-state index in [-0.39, 0.29) is 11.8 Å². The highest BCUT2D eigenvalue weighted by Gasteiger charge is 2.56. The second kappa shape index (κ2) is 6.51. The first-order valence-electron chi connectivity index (χ1n) is 8.11. The fraction of sp³-hybridized carbons (Fsp3) is 0.556. The highest BCUT2D eigenvalue weighted by atomic mass is 16.2. The van der Waals surface area contributed by atoms with Crippen LogP contribution in [0.3, 0.4) is 0 Å². The molecule has 4 heteroatoms. The number of para-hydroxylation sites is 1. The Balaban J connectivity index is 2.18. The Morgan fingerprint density at radius 1 is 1.23 bits per heavy atom. The van der Waals surface area contributed by atoms with Gasteiger partial charge in [-0.05, 0) is 43.2 Å². The standard InChI is InChI=1S/C18H26N2O2/c1-5-11-19-16(21)18(9-10-18)17(22)20-15-13(4)7-6-8-14(15)12(2)3/h6-8,12H,5,9-11H2,1-4H3,(H,19,21)(H,20,22). The maximum Gasteiger partial charge on any atom is 0.240 e. The smallest absolute Gasteiger partial charge is 0.240 e. The molecule has 1 aromatic carbocycles. The molecule has 2 N–H and O–H groups in total. The van der Waals surface area contributed by atoms with Crippen molar-refractivity contribution in [3.63, 3.8) is 0 Å². The first-order valence-corrected chi connectivity index (χ1v) is 8.11. The molecule has 1 saturated carbocycles. The van der Waals surface area contributed by atoms with Gasteiger partial charge < -0.3 is 10.6 Å². The van der Waals surface area contributed by atoms with E-state index in [4.69, 9.17) is 0 Å². The van der Waals surface area contributed by atoms with E-state index in [2.05, 4.69) is 24.5 Å². The van der Waals surface area contributed by atoms with E-state index in [1.807, 2.05) is 32.0 Å². The summed E-state index contributed by atoms with van der Waals surface area (Å²) < 4.78 is 0. The molecule has 2 amide bonds. The van der Waals surface area contributed by atoms with Crippen molar-refractivity contribution in [2.75, 3.05) is 11.9 Å². The van der Waals surface area contributed by atoms with E-state index < -0.39 is 5.41 Å². The Labute approximate surface area is 132 Å². The number of hydrogen-bond donors (Lipinski definition) is 2. The van der Waals surface area contributed by atoms with Gasteiger partial charge in [0, 0.05) is 12.2 Å². The number of nitrogens with one attached hydrogen (secondary N) is 2. The van der Waals surface area contributed by atoms with Crippen molar-refractivity contribution in [3.8, 4) is 0 Å². The Morgan fingerprint density at radius 3 is 2.45 bits per heavy atom. The number of carbonyl (C=O) groups is 2. The zero-order valence-electron chi connectivity index (χ0n) is 14.0. The van der Waals surface area contributed by atoms with Gasteiger partial charge in [-0.1, -0.05) is 39.0 Å². The first kappa shape index (κ1) is 16.5. The largest absolute Gasteiger partial charge is 0.355 e. The second-order valence-corrected chi connectivity index (χ2v) is 6.49. The predicted molar refractivity (Wildman–Crippen MR) is 88.9 cm³/mol. The zero-order valence-corrected chi connectivity index (χ0v) is 14.0. The van der Waals surface area contributed by atoms with E-state index in [0.717, 1.165) is 23.2 Å². The molecular weight excluding hydrogens is 276 g/mol. The van der Waals surface area contributed by atoms with Crippen LogP contribution in [0, 0.1) is 12.3 Å². The van der Waals surface area contributed by atoms with Crippen LogP contribution in [0.15, 0.2) is 18.2 Å². The van der Waals surface area contributed by atoms with Crippen molar-refractivity contribution in [3.05, 3.63) is 29.3 Å². The molecule has 120 valence electrons. The number of anilines is 1. The van der Waals surface area contributed by atoms with Crippen LogP contribution in [0.1, 0.15) is 57.1 Å². The molecule has 0 aromatic heterocycles. The van der Waals surface area contributed by atoms with Crippen LogP contribution in [0.4, 0.5) is 5.69 Å². The van der Waals surface area contributed by atoms with Crippen molar-refractivity contribution >= 4 is 17.5 Å². The zero-order chi connectivity index (χ0) is 16.3. The molecule has 0 heterocycles. The molecule has 1 fully saturated rings. The Kier molecular flexibility index (Phi) is 4.89. The minimum absolute atomic E-state index is 0.133. The lowest BCUT2D eigenvalue weighted by atomic mass is 9.97. The molecule has 0 unspecified atom stereocenters. The molecule has 0 spiro atoms. The molecule has 0 atom stereocenters. The summed E-state index contributed by atoms with van der Waals surface area (Å²) in [6, 6.07) is 6.02. The summed E-state index contributed by atoms with van der Waals surface area (Å²) in [6.45, 7) is 8.81. The molecule has 2 rings (SSSR count). The SMILES string of the molecule is CCCNC(=O)C1(C(=O)Nc2c(C)cccc2C(C)C)CC1. The van der Waals surface area contributed by atoms with Gasteiger partial charge >= 0.3 is 0 Å². The van der Waals surface area contributed by atoms with Crippen LogP contribution in [-0.4, -0.2) is 18.4 Å². The minimum atomic E-state index is -0.855. The molecule has 0 aliphatic heterocycles. The minimum Gasteiger partial charge on any atom is -0.355 e. The van der Waals surface area contributed by atoms with Crippen LogP contribution >= 0.6 is 0 Å². The van der Waals surface area contributed by atoms with Crippen LogP contribution in [0.5, 0.6) is 0 Å². The quantitative estimate of drug-likeness (QED) is 0.792. The fourth-order valence-electron chi connectivity index (χ4n) is 2.67. The number of rotatable bonds is 6. The van der Waals surface area contributed by atoms with Crippen LogP contribution in [-0.2, 0) is 9.59 Å². The van der Waals surface area contributed by atoms with Crippen molar-refractivity contribution in [1.82, 2.24) is 5.32 Å². The van der Waals surface area contributed by atoms with E-state index in [1.165, 1.54) is 0 Å². The number of carbonyl (C=O) groups excluding carboxylic acids is 2. The van der Waals surface area contributed by atoms with Gasteiger partial charge in [-0.15, -0.1) is 0 Å². The van der Waals surface area contributed by atoms with Gasteiger partial charge in [-0.3, -0.25) is 9.59 Å². The lowest BCUT2D eigenvalue weighted by Gasteiger charge is -2.20. The molecule has 1 aliphatic carbocycles. The average Bonchev–Trinajstić information content (AvgIpc) is 3.28. The van der Waals surface area contributed by atoms with Crippen LogP contribution in [0.25, 0.3) is 0 Å². The number of aryl methyl sites for hydroxylation is 1. The van der Waals surface area contributed by atoms with E-state index >= 15 is 0 Å². The fourth-order valence-corrected chi connectivity index (χ4v) is 2.67. The van der Waals surface area contributed by atoms with Gasteiger partial charge in [0.05, 0.1) is 0 Å². The Hall–Kier alpha value is -1.84. The molecule has 0 bridgehead atoms. The number of hydrogen-bond acceptors (Lipinski definition) is 2. The Bertz CT molecular complexity index is 574. The molecule has 0 saturated heterocycles. The summed E-state index contributed by atoms with van der Waals surface area (Å²) >= 11 is 0. The summed E-state index contributed by atoms with van der Waals surface area (Å²) in [5.74, 6) is 0.0168. The summed E-state index contributed by atoms with van der Waals surface area (Å²) in [7, 11) is 0. The van der Waals surface area contributed by atoms with Gasteiger partial charge in [0.25, 0.3) is 0 Å². The lowest BCUT2D eigenvalue weighted by molar-refractivity contribution is -0.134. The van der Waals surface area contributed by atoms with Crippen molar-refractivity contribution < 1.29 is 9.59 Å². The van der Waals surface area contributed by atoms with Gasteiger partial charge in [-0.25, -0.2) is 0 Å². The third-order valence-electron chi connectivity index (χ3n) is 4.32. The Morgan fingerprint density at radius 2 is 1.91 bits per heavy atom. The summed E-state index contributed by atoms with van der Waals surface area (Å²) in [5, 5.41) is 5.87. The highest BCUT2D eigenvalue weighted by Crippen LogP contribution is 2.47. The monoisotopic (exact) mass is 302 g/mol. The first-order chi connectivity index (χ1) is 10.4. The van der Waals surface area contributed by atoms with Gasteiger partial charge in [0.1, 0.15) is 5.41 Å². The third-order valence-corrected chi connectivity index (χ3v) is 4.32. The van der Waals surface area contributed by atoms with E-state index in [1.54, 1.807) is 0 Å². The summed E-state index contributed by atoms with van der Waals surface area (Å²) in [4.78, 5) is 24.9. The van der Waals surface area contributed by atoms with Gasteiger partial charge in [0.15, 0.2) is 0 Å². The van der Waals surface area contributed by atoms with Gasteiger partial charge in [0.2, 0.25) is 11.8 Å². The molecule has 1 aromatic rings. The van der Waals surface area contributed by atoms with Gasteiger partial charge in [-0.2, -0.15) is 0 Å². The topological polar surface area (TPSA) is 58.2 Å². The van der Waals surface area contributed by atoms with Crippen molar-refractivity contribution in [2.24, 2.45) is 5.41 Å². The maximum atomic E-state index is 12.7. The predicted octanol–water partition coefficient (Wildman–Crippen LogP) is 3.36. The molecule has 4 nitrogen and oxygen atoms in total. The molecule has 1 aliphatic rings. The van der Waals surface area contributed by atoms with E-state index in [9.17, 15) is 9.59 Å².